The van der Waals surface area contributed by atoms with Crippen molar-refractivity contribution in [1.82, 2.24) is 5.01 Å². The second kappa shape index (κ2) is 5.05. The predicted octanol–water partition coefficient (Wildman–Crippen LogP) is 1.19. The van der Waals surface area contributed by atoms with Crippen LogP contribution in [0.3, 0.4) is 0 Å². The Morgan fingerprint density at radius 1 is 1.53 bits per heavy atom. The molecule has 0 radical (unpaired) electrons. The molecular weight excluding hydrogens is 218 g/mol. The van der Waals surface area contributed by atoms with Gasteiger partial charge in [0.2, 0.25) is 0 Å². The van der Waals surface area contributed by atoms with Crippen molar-refractivity contribution in [3.05, 3.63) is 35.9 Å². The maximum atomic E-state index is 11.0. The molecule has 5 heteroatoms. The molecule has 1 aliphatic heterocycles. The van der Waals surface area contributed by atoms with E-state index >= 15 is 0 Å². The molecule has 1 heterocycles. The Kier molecular flexibility index (Phi) is 3.49. The molecule has 0 saturated heterocycles. The van der Waals surface area contributed by atoms with Crippen molar-refractivity contribution >= 4 is 5.78 Å². The minimum atomic E-state index is -1.04. The maximum absolute atomic E-state index is 11.0. The zero-order chi connectivity index (χ0) is 12.3. The van der Waals surface area contributed by atoms with Crippen LogP contribution in [0.5, 0.6) is 0 Å². The normalized spacial score (nSPS) is 20.6. The van der Waals surface area contributed by atoms with Gasteiger partial charge in [0.05, 0.1) is 13.1 Å². The van der Waals surface area contributed by atoms with Crippen LogP contribution in [-0.4, -0.2) is 34.6 Å². The second-order valence-corrected chi connectivity index (χ2v) is 4.16. The highest BCUT2D eigenvalue weighted by Gasteiger charge is 2.29. The van der Waals surface area contributed by atoms with Gasteiger partial charge in [0.1, 0.15) is 12.1 Å². The van der Waals surface area contributed by atoms with Gasteiger partial charge < -0.3 is 5.11 Å². The Balaban J connectivity index is 1.91. The van der Waals surface area contributed by atoms with Gasteiger partial charge in [-0.15, -0.1) is 0 Å². The predicted molar refractivity (Wildman–Crippen MR) is 62.2 cm³/mol. The molecule has 2 unspecified atom stereocenters. The monoisotopic (exact) mass is 233 g/mol. The Labute approximate surface area is 99.7 Å². The van der Waals surface area contributed by atoms with Crippen molar-refractivity contribution in [2.75, 3.05) is 6.54 Å². The number of hydrogen-bond donors (Lipinski definition) is 1. The fourth-order valence-corrected chi connectivity index (χ4v) is 1.75. The Bertz CT molecular complexity index is 419. The number of hydrogen-bond acceptors (Lipinski definition) is 5. The lowest BCUT2D eigenvalue weighted by atomic mass is 10.1. The molecule has 0 bridgehead atoms. The molecule has 0 amide bonds. The third-order valence-corrected chi connectivity index (χ3v) is 2.71. The van der Waals surface area contributed by atoms with E-state index in [2.05, 4.69) is 10.3 Å². The van der Waals surface area contributed by atoms with Crippen LogP contribution in [0.2, 0.25) is 0 Å². The molecule has 90 valence electrons. The summed E-state index contributed by atoms with van der Waals surface area (Å²) in [4.78, 5) is 11.0. The quantitative estimate of drug-likeness (QED) is 0.849. The highest BCUT2D eigenvalue weighted by molar-refractivity contribution is 5.81. The van der Waals surface area contributed by atoms with Crippen LogP contribution in [0.1, 0.15) is 12.5 Å². The molecule has 1 N–H and O–H groups in total. The van der Waals surface area contributed by atoms with Crippen molar-refractivity contribution in [1.29, 1.82) is 0 Å². The topological polar surface area (TPSA) is 65.3 Å². The third kappa shape index (κ3) is 2.88. The minimum absolute atomic E-state index is 0.268. The van der Waals surface area contributed by atoms with E-state index in [1.54, 1.807) is 5.01 Å². The van der Waals surface area contributed by atoms with Gasteiger partial charge >= 0.3 is 0 Å². The van der Waals surface area contributed by atoms with Gasteiger partial charge in [0.25, 0.3) is 0 Å². The lowest BCUT2D eigenvalue weighted by Gasteiger charge is -2.15. The van der Waals surface area contributed by atoms with E-state index in [1.165, 1.54) is 6.92 Å². The van der Waals surface area contributed by atoms with Crippen LogP contribution in [0.25, 0.3) is 0 Å². The van der Waals surface area contributed by atoms with Crippen LogP contribution in [0, 0.1) is 0 Å². The molecule has 0 aliphatic carbocycles. The number of ketones is 1. The molecule has 2 atom stereocenters. The third-order valence-electron chi connectivity index (χ3n) is 2.71. The highest BCUT2D eigenvalue weighted by Crippen LogP contribution is 2.15. The van der Waals surface area contributed by atoms with Crippen molar-refractivity contribution in [3.63, 3.8) is 0 Å². The van der Waals surface area contributed by atoms with Crippen molar-refractivity contribution in [2.45, 2.75) is 25.6 Å². The van der Waals surface area contributed by atoms with Crippen LogP contribution in [0.4, 0.5) is 0 Å². The summed E-state index contributed by atoms with van der Waals surface area (Å²) in [5.41, 5.74) is 1.13. The van der Waals surface area contributed by atoms with E-state index in [0.717, 1.165) is 5.56 Å². The summed E-state index contributed by atoms with van der Waals surface area (Å²) in [5, 5.41) is 19.2. The molecular formula is C12H15N3O2. The molecule has 0 saturated carbocycles. The zero-order valence-electron chi connectivity index (χ0n) is 9.65. The van der Waals surface area contributed by atoms with Crippen LogP contribution >= 0.6 is 0 Å². The number of aliphatic hydroxyl groups is 1. The van der Waals surface area contributed by atoms with Crippen molar-refractivity contribution in [3.8, 4) is 0 Å². The number of carbonyl (C=O) groups excluding carboxylic acids is 1. The van der Waals surface area contributed by atoms with Crippen LogP contribution < -0.4 is 0 Å². The molecule has 0 aromatic heterocycles. The van der Waals surface area contributed by atoms with Gasteiger partial charge in [-0.1, -0.05) is 35.6 Å². The summed E-state index contributed by atoms with van der Waals surface area (Å²) in [7, 11) is 0. The first kappa shape index (κ1) is 11.7. The van der Waals surface area contributed by atoms with E-state index in [-0.39, 0.29) is 5.78 Å². The molecule has 1 aliphatic rings. The van der Waals surface area contributed by atoms with Gasteiger partial charge in [0.15, 0.2) is 5.78 Å². The minimum Gasteiger partial charge on any atom is -0.383 e. The van der Waals surface area contributed by atoms with E-state index in [1.807, 2.05) is 30.3 Å². The average Bonchev–Trinajstić information content (AvgIpc) is 2.77. The Hall–Kier alpha value is -1.75. The summed E-state index contributed by atoms with van der Waals surface area (Å²) >= 11 is 0. The first-order valence-corrected chi connectivity index (χ1v) is 5.55. The average molecular weight is 233 g/mol. The smallest absolute Gasteiger partial charge is 0.160 e. The second-order valence-electron chi connectivity index (χ2n) is 4.16. The van der Waals surface area contributed by atoms with E-state index < -0.39 is 12.1 Å². The molecule has 1 aromatic carbocycles. The van der Waals surface area contributed by atoms with E-state index in [9.17, 15) is 9.90 Å². The molecule has 0 spiro atoms. The van der Waals surface area contributed by atoms with Crippen molar-refractivity contribution in [2.24, 2.45) is 10.3 Å². The molecule has 2 rings (SSSR count). The summed E-state index contributed by atoms with van der Waals surface area (Å²) in [5.74, 6) is -0.268. The van der Waals surface area contributed by atoms with Crippen molar-refractivity contribution < 1.29 is 9.90 Å². The molecule has 5 nitrogen and oxygen atoms in total. The SMILES string of the molecule is CC(=O)C(O)C1CN(Cc2ccccc2)N=N1. The van der Waals surface area contributed by atoms with Crippen LogP contribution in [-0.2, 0) is 11.3 Å². The van der Waals surface area contributed by atoms with Gasteiger partial charge in [-0.2, -0.15) is 5.11 Å². The summed E-state index contributed by atoms with van der Waals surface area (Å²) < 4.78 is 0. The largest absolute Gasteiger partial charge is 0.383 e. The molecule has 17 heavy (non-hydrogen) atoms. The van der Waals surface area contributed by atoms with Crippen LogP contribution in [0.15, 0.2) is 40.7 Å². The number of rotatable bonds is 4. The van der Waals surface area contributed by atoms with Gasteiger partial charge in [-0.3, -0.25) is 9.80 Å². The first-order chi connectivity index (χ1) is 8.16. The lowest BCUT2D eigenvalue weighted by molar-refractivity contribution is -0.125. The first-order valence-electron chi connectivity index (χ1n) is 5.55. The highest BCUT2D eigenvalue weighted by atomic mass is 16.3. The van der Waals surface area contributed by atoms with Gasteiger partial charge in [0, 0.05) is 0 Å². The lowest BCUT2D eigenvalue weighted by Crippen LogP contribution is -2.35. The maximum Gasteiger partial charge on any atom is 0.160 e. The number of nitrogens with zero attached hydrogens (tertiary/aromatic N) is 3. The van der Waals surface area contributed by atoms with E-state index in [4.69, 9.17) is 0 Å². The zero-order valence-corrected chi connectivity index (χ0v) is 9.65. The summed E-state index contributed by atoms with van der Waals surface area (Å²) in [6.45, 7) is 2.49. The number of Topliss-reactive ketones (excluding diaryl/α,β-unsaturated/α-hetero) is 1. The molecule has 0 fully saturated rings. The Morgan fingerprint density at radius 3 is 2.88 bits per heavy atom. The summed E-state index contributed by atoms with van der Waals surface area (Å²) in [6.07, 6.45) is -1.04. The summed E-state index contributed by atoms with van der Waals surface area (Å²) in [6, 6.07) is 9.46. The van der Waals surface area contributed by atoms with E-state index in [0.29, 0.717) is 13.1 Å². The Morgan fingerprint density at radius 2 is 2.24 bits per heavy atom. The van der Waals surface area contributed by atoms with Gasteiger partial charge in [-0.05, 0) is 12.5 Å². The molecule has 1 aromatic rings. The fourth-order valence-electron chi connectivity index (χ4n) is 1.75. The fraction of sp³-hybridized carbons (Fsp3) is 0.417. The number of aliphatic hydroxyl groups excluding tert-OH is 1. The van der Waals surface area contributed by atoms with Gasteiger partial charge in [-0.25, -0.2) is 0 Å². The number of benzene rings is 1. The standard InChI is InChI=1S/C12H15N3O2/c1-9(16)12(17)11-8-15(14-13-11)7-10-5-3-2-4-6-10/h2-6,11-12,17H,7-8H2,1H3. The number of carbonyl (C=O) groups is 1.